The van der Waals surface area contributed by atoms with Gasteiger partial charge in [-0.05, 0) is 37.5 Å². The van der Waals surface area contributed by atoms with Crippen LogP contribution in [0.2, 0.25) is 0 Å². The summed E-state index contributed by atoms with van der Waals surface area (Å²) >= 11 is 0. The highest BCUT2D eigenvalue weighted by Crippen LogP contribution is 2.39. The predicted octanol–water partition coefficient (Wildman–Crippen LogP) is 4.01. The molecule has 1 atom stereocenters. The molecule has 0 radical (unpaired) electrons. The van der Waals surface area contributed by atoms with E-state index in [0.29, 0.717) is 24.2 Å². The Morgan fingerprint density at radius 1 is 1.12 bits per heavy atom. The first-order valence-corrected chi connectivity index (χ1v) is 8.57. The van der Waals surface area contributed by atoms with Crippen molar-refractivity contribution in [3.63, 3.8) is 0 Å². The van der Waals surface area contributed by atoms with Gasteiger partial charge in [0.05, 0.1) is 25.4 Å². The summed E-state index contributed by atoms with van der Waals surface area (Å²) in [5.41, 5.74) is 0.303. The Bertz CT molecular complexity index is 608. The highest BCUT2D eigenvalue weighted by atomic mass is 16.5. The van der Waals surface area contributed by atoms with Crippen LogP contribution in [0.4, 0.5) is 0 Å². The number of carbonyl (C=O) groups is 2. The zero-order valence-electron chi connectivity index (χ0n) is 15.6. The molecule has 0 bridgehead atoms. The maximum absolute atomic E-state index is 12.2. The first kappa shape index (κ1) is 20.9. The van der Waals surface area contributed by atoms with E-state index in [2.05, 4.69) is 13.5 Å². The third kappa shape index (κ3) is 4.92. The summed E-state index contributed by atoms with van der Waals surface area (Å²) < 4.78 is 15.7. The van der Waals surface area contributed by atoms with E-state index in [1.54, 1.807) is 18.2 Å². The normalized spacial score (nSPS) is 13.0. The molecule has 1 aromatic rings. The standard InChI is InChI=1S/C20H28O5/c1-6-8-9-13-20(25-7-2,15(3)18(21)23-4)17-12-10-11-16(14-17)19(22)24-5/h10-12,14H,3,6-9,13H2,1-2,4-5H3. The van der Waals surface area contributed by atoms with E-state index in [-0.39, 0.29) is 5.57 Å². The molecule has 0 aliphatic rings. The Labute approximate surface area is 150 Å². The van der Waals surface area contributed by atoms with Gasteiger partial charge in [-0.25, -0.2) is 9.59 Å². The third-order valence-corrected chi connectivity index (χ3v) is 4.19. The number of methoxy groups -OCH3 is 2. The third-order valence-electron chi connectivity index (χ3n) is 4.19. The van der Waals surface area contributed by atoms with E-state index in [4.69, 9.17) is 14.2 Å². The molecule has 1 unspecified atom stereocenters. The fraction of sp³-hybridized carbons (Fsp3) is 0.500. The summed E-state index contributed by atoms with van der Waals surface area (Å²) in [6, 6.07) is 6.95. The molecule has 5 heteroatoms. The van der Waals surface area contributed by atoms with Gasteiger partial charge in [-0.1, -0.05) is 38.5 Å². The molecule has 0 N–H and O–H groups in total. The molecular formula is C20H28O5. The zero-order valence-corrected chi connectivity index (χ0v) is 15.6. The van der Waals surface area contributed by atoms with Crippen LogP contribution in [0.5, 0.6) is 0 Å². The quantitative estimate of drug-likeness (QED) is 0.363. The van der Waals surface area contributed by atoms with Gasteiger partial charge in [0.25, 0.3) is 0 Å². The molecule has 25 heavy (non-hydrogen) atoms. The van der Waals surface area contributed by atoms with Crippen LogP contribution in [0.15, 0.2) is 36.4 Å². The fourth-order valence-corrected chi connectivity index (χ4v) is 2.89. The molecule has 0 saturated heterocycles. The number of benzene rings is 1. The average Bonchev–Trinajstić information content (AvgIpc) is 2.65. The molecule has 0 aliphatic heterocycles. The van der Waals surface area contributed by atoms with Crippen LogP contribution < -0.4 is 0 Å². The SMILES string of the molecule is C=C(C(=O)OC)C(CCCCC)(OCC)c1cccc(C(=O)OC)c1. The second-order valence-electron chi connectivity index (χ2n) is 5.76. The van der Waals surface area contributed by atoms with Crippen LogP contribution in [0.25, 0.3) is 0 Å². The average molecular weight is 348 g/mol. The zero-order chi connectivity index (χ0) is 18.9. The van der Waals surface area contributed by atoms with Gasteiger partial charge in [0.1, 0.15) is 5.60 Å². The Hall–Kier alpha value is -2.14. The Morgan fingerprint density at radius 3 is 2.40 bits per heavy atom. The van der Waals surface area contributed by atoms with Crippen LogP contribution >= 0.6 is 0 Å². The summed E-state index contributed by atoms with van der Waals surface area (Å²) in [5, 5.41) is 0. The minimum Gasteiger partial charge on any atom is -0.466 e. The van der Waals surface area contributed by atoms with E-state index in [0.717, 1.165) is 19.3 Å². The number of rotatable bonds is 10. The molecule has 5 nitrogen and oxygen atoms in total. The summed E-state index contributed by atoms with van der Waals surface area (Å²) in [5.74, 6) is -0.960. The summed E-state index contributed by atoms with van der Waals surface area (Å²) in [4.78, 5) is 24.1. The van der Waals surface area contributed by atoms with Crippen molar-refractivity contribution in [3.05, 3.63) is 47.5 Å². The van der Waals surface area contributed by atoms with Crippen LogP contribution in [-0.4, -0.2) is 32.8 Å². The van der Waals surface area contributed by atoms with Crippen molar-refractivity contribution in [2.75, 3.05) is 20.8 Å². The van der Waals surface area contributed by atoms with Gasteiger partial charge >= 0.3 is 11.9 Å². The molecule has 0 fully saturated rings. The number of hydrogen-bond donors (Lipinski definition) is 0. The van der Waals surface area contributed by atoms with Crippen molar-refractivity contribution >= 4 is 11.9 Å². The lowest BCUT2D eigenvalue weighted by Gasteiger charge is -2.35. The monoisotopic (exact) mass is 348 g/mol. The first-order valence-electron chi connectivity index (χ1n) is 8.57. The molecular weight excluding hydrogens is 320 g/mol. The maximum atomic E-state index is 12.2. The summed E-state index contributed by atoms with van der Waals surface area (Å²) in [6.45, 7) is 8.31. The number of esters is 2. The molecule has 1 aromatic carbocycles. The van der Waals surface area contributed by atoms with Crippen molar-refractivity contribution in [2.24, 2.45) is 0 Å². The minimum absolute atomic E-state index is 0.231. The van der Waals surface area contributed by atoms with Crippen molar-refractivity contribution < 1.29 is 23.8 Å². The number of hydrogen-bond acceptors (Lipinski definition) is 5. The van der Waals surface area contributed by atoms with Gasteiger partial charge in [-0.3, -0.25) is 0 Å². The molecule has 0 heterocycles. The lowest BCUT2D eigenvalue weighted by Crippen LogP contribution is -2.36. The van der Waals surface area contributed by atoms with E-state index in [1.807, 2.05) is 13.0 Å². The smallest absolute Gasteiger partial charge is 0.337 e. The highest BCUT2D eigenvalue weighted by Gasteiger charge is 2.40. The van der Waals surface area contributed by atoms with Crippen molar-refractivity contribution in [1.82, 2.24) is 0 Å². The van der Waals surface area contributed by atoms with Crippen LogP contribution in [-0.2, 0) is 24.6 Å². The number of carbonyl (C=O) groups excluding carboxylic acids is 2. The largest absolute Gasteiger partial charge is 0.466 e. The van der Waals surface area contributed by atoms with E-state index < -0.39 is 17.5 Å². The molecule has 0 spiro atoms. The fourth-order valence-electron chi connectivity index (χ4n) is 2.89. The summed E-state index contributed by atoms with van der Waals surface area (Å²) in [7, 11) is 2.65. The molecule has 0 saturated carbocycles. The van der Waals surface area contributed by atoms with E-state index >= 15 is 0 Å². The van der Waals surface area contributed by atoms with Crippen LogP contribution in [0.1, 0.15) is 55.5 Å². The van der Waals surface area contributed by atoms with E-state index in [1.165, 1.54) is 14.2 Å². The summed E-state index contributed by atoms with van der Waals surface area (Å²) in [6.07, 6.45) is 3.47. The van der Waals surface area contributed by atoms with Gasteiger partial charge < -0.3 is 14.2 Å². The molecule has 0 aliphatic carbocycles. The van der Waals surface area contributed by atoms with Gasteiger partial charge in [-0.2, -0.15) is 0 Å². The van der Waals surface area contributed by atoms with Crippen molar-refractivity contribution in [3.8, 4) is 0 Å². The second kappa shape index (κ2) is 9.99. The Balaban J connectivity index is 3.43. The molecule has 1 rings (SSSR count). The van der Waals surface area contributed by atoms with Crippen molar-refractivity contribution in [1.29, 1.82) is 0 Å². The van der Waals surface area contributed by atoms with Crippen LogP contribution in [0.3, 0.4) is 0 Å². The lowest BCUT2D eigenvalue weighted by molar-refractivity contribution is -0.140. The predicted molar refractivity (Wildman–Crippen MR) is 96.4 cm³/mol. The first-order chi connectivity index (χ1) is 12.0. The molecule has 0 aromatic heterocycles. The number of ether oxygens (including phenoxy) is 3. The van der Waals surface area contributed by atoms with Gasteiger partial charge in [0, 0.05) is 6.61 Å². The van der Waals surface area contributed by atoms with Gasteiger partial charge in [-0.15, -0.1) is 0 Å². The lowest BCUT2D eigenvalue weighted by atomic mass is 9.81. The van der Waals surface area contributed by atoms with E-state index in [9.17, 15) is 9.59 Å². The maximum Gasteiger partial charge on any atom is 0.337 e. The second-order valence-corrected chi connectivity index (χ2v) is 5.76. The highest BCUT2D eigenvalue weighted by molar-refractivity contribution is 5.91. The van der Waals surface area contributed by atoms with Gasteiger partial charge in [0.15, 0.2) is 0 Å². The topological polar surface area (TPSA) is 61.8 Å². The minimum atomic E-state index is -1.03. The Morgan fingerprint density at radius 2 is 1.84 bits per heavy atom. The Kier molecular flexibility index (Phi) is 8.35. The van der Waals surface area contributed by atoms with Gasteiger partial charge in [0.2, 0.25) is 0 Å². The molecule has 0 amide bonds. The molecule has 138 valence electrons. The van der Waals surface area contributed by atoms with Crippen molar-refractivity contribution in [2.45, 2.75) is 45.1 Å². The van der Waals surface area contributed by atoms with Crippen LogP contribution in [0, 0.1) is 0 Å². The number of unbranched alkanes of at least 4 members (excludes halogenated alkanes) is 2.